The fraction of sp³-hybridized carbons (Fsp3) is 0.867. The fourth-order valence-electron chi connectivity index (χ4n) is 2.64. The van der Waals surface area contributed by atoms with Gasteiger partial charge >= 0.3 is 5.97 Å². The van der Waals surface area contributed by atoms with Crippen molar-refractivity contribution in [3.8, 4) is 0 Å². The quantitative estimate of drug-likeness (QED) is 0.527. The molecule has 3 N–H and O–H groups in total. The lowest BCUT2D eigenvalue weighted by molar-refractivity contribution is -0.140. The zero-order valence-corrected chi connectivity index (χ0v) is 12.6. The first-order valence-electron chi connectivity index (χ1n) is 7.72. The van der Waals surface area contributed by atoms with Crippen LogP contribution >= 0.6 is 0 Å². The highest BCUT2D eigenvalue weighted by Gasteiger charge is 2.34. The van der Waals surface area contributed by atoms with Crippen LogP contribution < -0.4 is 11.1 Å². The lowest BCUT2D eigenvalue weighted by atomic mass is 9.82. The van der Waals surface area contributed by atoms with E-state index in [1.54, 1.807) is 0 Å². The Morgan fingerprint density at radius 2 is 1.75 bits per heavy atom. The number of unbranched alkanes of at least 4 members (excludes halogenated alkanes) is 3. The number of esters is 1. The first-order chi connectivity index (χ1) is 9.58. The maximum absolute atomic E-state index is 12.0. The number of nitrogens with one attached hydrogen (secondary N) is 1. The summed E-state index contributed by atoms with van der Waals surface area (Å²) in [7, 11) is 1.41. The van der Waals surface area contributed by atoms with E-state index in [0.717, 1.165) is 51.4 Å². The molecule has 0 bridgehead atoms. The summed E-state index contributed by atoms with van der Waals surface area (Å²) in [6.45, 7) is 0.677. The van der Waals surface area contributed by atoms with E-state index in [4.69, 9.17) is 5.73 Å². The molecule has 0 unspecified atom stereocenters. The first kappa shape index (κ1) is 17.0. The second-order valence-corrected chi connectivity index (χ2v) is 5.71. The third-order valence-corrected chi connectivity index (χ3v) is 4.02. The zero-order chi connectivity index (χ0) is 14.8. The van der Waals surface area contributed by atoms with Gasteiger partial charge in [0.25, 0.3) is 0 Å². The predicted octanol–water partition coefficient (Wildman–Crippen LogP) is 1.89. The van der Waals surface area contributed by atoms with Gasteiger partial charge in [0.1, 0.15) is 0 Å². The Balaban J connectivity index is 2.03. The van der Waals surface area contributed by atoms with Crippen LogP contribution in [0.4, 0.5) is 0 Å². The van der Waals surface area contributed by atoms with Crippen molar-refractivity contribution in [3.05, 3.63) is 0 Å². The van der Waals surface area contributed by atoms with Gasteiger partial charge in [0, 0.05) is 13.0 Å². The molecule has 0 atom stereocenters. The molecule has 0 aliphatic heterocycles. The molecule has 20 heavy (non-hydrogen) atoms. The maximum atomic E-state index is 12.0. The van der Waals surface area contributed by atoms with Gasteiger partial charge < -0.3 is 15.8 Å². The van der Waals surface area contributed by atoms with Gasteiger partial charge in [-0.3, -0.25) is 9.59 Å². The summed E-state index contributed by atoms with van der Waals surface area (Å²) in [5, 5.41) is 2.95. The SMILES string of the molecule is COC(=O)CCCCCCNC(=O)C1(N)CCCCC1. The lowest BCUT2D eigenvalue weighted by Gasteiger charge is -2.31. The van der Waals surface area contributed by atoms with Gasteiger partial charge in [-0.05, 0) is 25.7 Å². The molecule has 0 radical (unpaired) electrons. The van der Waals surface area contributed by atoms with E-state index >= 15 is 0 Å². The lowest BCUT2D eigenvalue weighted by Crippen LogP contribution is -2.55. The molecular formula is C15H28N2O3. The molecule has 1 saturated carbocycles. The minimum absolute atomic E-state index is 0.00626. The highest BCUT2D eigenvalue weighted by Crippen LogP contribution is 2.25. The third kappa shape index (κ3) is 5.90. The van der Waals surface area contributed by atoms with Gasteiger partial charge in [-0.15, -0.1) is 0 Å². The number of hydrogen-bond acceptors (Lipinski definition) is 4. The summed E-state index contributed by atoms with van der Waals surface area (Å²) in [5.41, 5.74) is 5.51. The van der Waals surface area contributed by atoms with Gasteiger partial charge in [0.2, 0.25) is 5.91 Å². The van der Waals surface area contributed by atoms with Crippen LogP contribution in [0, 0.1) is 0 Å². The van der Waals surface area contributed by atoms with Gasteiger partial charge in [-0.1, -0.05) is 32.1 Å². The third-order valence-electron chi connectivity index (χ3n) is 4.02. The molecule has 5 nitrogen and oxygen atoms in total. The van der Waals surface area contributed by atoms with Gasteiger partial charge in [-0.2, -0.15) is 0 Å². The van der Waals surface area contributed by atoms with E-state index in [9.17, 15) is 9.59 Å². The Kier molecular flexibility index (Phi) is 7.59. The number of carbonyl (C=O) groups excluding carboxylic acids is 2. The normalized spacial score (nSPS) is 17.5. The largest absolute Gasteiger partial charge is 0.469 e. The molecule has 0 aromatic heterocycles. The summed E-state index contributed by atoms with van der Waals surface area (Å²) < 4.78 is 4.58. The van der Waals surface area contributed by atoms with Crippen molar-refractivity contribution in [2.24, 2.45) is 5.73 Å². The van der Waals surface area contributed by atoms with Gasteiger partial charge in [0.05, 0.1) is 12.6 Å². The first-order valence-corrected chi connectivity index (χ1v) is 7.72. The van der Waals surface area contributed by atoms with Crippen molar-refractivity contribution in [1.82, 2.24) is 5.32 Å². The van der Waals surface area contributed by atoms with Crippen LogP contribution in [0.15, 0.2) is 0 Å². The number of methoxy groups -OCH3 is 1. The van der Waals surface area contributed by atoms with Crippen molar-refractivity contribution >= 4 is 11.9 Å². The molecule has 0 spiro atoms. The number of ether oxygens (including phenoxy) is 1. The summed E-state index contributed by atoms with van der Waals surface area (Å²) in [4.78, 5) is 22.9. The minimum atomic E-state index is -0.636. The van der Waals surface area contributed by atoms with E-state index < -0.39 is 5.54 Å². The van der Waals surface area contributed by atoms with Crippen LogP contribution in [-0.2, 0) is 14.3 Å². The smallest absolute Gasteiger partial charge is 0.305 e. The Morgan fingerprint density at radius 1 is 1.10 bits per heavy atom. The second kappa shape index (κ2) is 8.95. The van der Waals surface area contributed by atoms with E-state index in [1.165, 1.54) is 13.5 Å². The summed E-state index contributed by atoms with van der Waals surface area (Å²) in [6.07, 6.45) is 9.16. The second-order valence-electron chi connectivity index (χ2n) is 5.71. The minimum Gasteiger partial charge on any atom is -0.469 e. The zero-order valence-electron chi connectivity index (χ0n) is 12.6. The molecule has 116 valence electrons. The average molecular weight is 284 g/mol. The summed E-state index contributed by atoms with van der Waals surface area (Å²) >= 11 is 0. The number of hydrogen-bond donors (Lipinski definition) is 2. The molecular weight excluding hydrogens is 256 g/mol. The molecule has 1 fully saturated rings. The van der Waals surface area contributed by atoms with E-state index in [2.05, 4.69) is 10.1 Å². The molecule has 0 heterocycles. The Morgan fingerprint density at radius 3 is 2.40 bits per heavy atom. The van der Waals surface area contributed by atoms with Crippen molar-refractivity contribution in [1.29, 1.82) is 0 Å². The Labute approximate surface area is 121 Å². The van der Waals surface area contributed by atoms with Crippen LogP contribution in [0.3, 0.4) is 0 Å². The number of carbonyl (C=O) groups is 2. The van der Waals surface area contributed by atoms with Crippen LogP contribution in [0.1, 0.15) is 64.2 Å². The van der Waals surface area contributed by atoms with Crippen molar-refractivity contribution in [2.45, 2.75) is 69.7 Å². The molecule has 0 aromatic carbocycles. The molecule has 1 rings (SSSR count). The van der Waals surface area contributed by atoms with E-state index in [0.29, 0.717) is 13.0 Å². The van der Waals surface area contributed by atoms with E-state index in [1.807, 2.05) is 0 Å². The number of amides is 1. The number of rotatable bonds is 8. The van der Waals surface area contributed by atoms with Crippen LogP contribution in [-0.4, -0.2) is 31.1 Å². The molecule has 1 amide bonds. The van der Waals surface area contributed by atoms with Crippen molar-refractivity contribution in [2.75, 3.05) is 13.7 Å². The van der Waals surface area contributed by atoms with E-state index in [-0.39, 0.29) is 11.9 Å². The van der Waals surface area contributed by atoms with Crippen LogP contribution in [0.25, 0.3) is 0 Å². The molecule has 5 heteroatoms. The predicted molar refractivity (Wildman–Crippen MR) is 78.1 cm³/mol. The highest BCUT2D eigenvalue weighted by molar-refractivity contribution is 5.86. The summed E-state index contributed by atoms with van der Waals surface area (Å²) in [5.74, 6) is -0.146. The molecule has 0 saturated heterocycles. The Hall–Kier alpha value is -1.10. The molecule has 0 aromatic rings. The standard InChI is InChI=1S/C15H28N2O3/c1-20-13(18)9-5-2-3-8-12-17-14(19)15(16)10-6-4-7-11-15/h2-12,16H2,1H3,(H,17,19). The molecule has 1 aliphatic carbocycles. The van der Waals surface area contributed by atoms with Crippen LogP contribution in [0.5, 0.6) is 0 Å². The molecule has 1 aliphatic rings. The van der Waals surface area contributed by atoms with Crippen molar-refractivity contribution in [3.63, 3.8) is 0 Å². The van der Waals surface area contributed by atoms with Crippen LogP contribution in [0.2, 0.25) is 0 Å². The average Bonchev–Trinajstić information content (AvgIpc) is 2.46. The topological polar surface area (TPSA) is 81.4 Å². The monoisotopic (exact) mass is 284 g/mol. The number of nitrogens with two attached hydrogens (primary N) is 1. The van der Waals surface area contributed by atoms with Gasteiger partial charge in [0.15, 0.2) is 0 Å². The maximum Gasteiger partial charge on any atom is 0.305 e. The summed E-state index contributed by atoms with van der Waals surface area (Å²) in [6, 6.07) is 0. The Bertz CT molecular complexity index is 312. The van der Waals surface area contributed by atoms with Gasteiger partial charge in [-0.25, -0.2) is 0 Å². The fourth-order valence-corrected chi connectivity index (χ4v) is 2.64. The highest BCUT2D eigenvalue weighted by atomic mass is 16.5. The van der Waals surface area contributed by atoms with Crippen molar-refractivity contribution < 1.29 is 14.3 Å².